The average molecular weight is 385 g/mol. The lowest BCUT2D eigenvalue weighted by molar-refractivity contribution is 0.0951. The molecule has 3 rings (SSSR count). The number of benzene rings is 2. The summed E-state index contributed by atoms with van der Waals surface area (Å²) in [4.78, 5) is 15.8. The van der Waals surface area contributed by atoms with E-state index in [1.807, 2.05) is 38.1 Å². The van der Waals surface area contributed by atoms with Crippen molar-refractivity contribution in [1.82, 2.24) is 15.0 Å². The monoisotopic (exact) mass is 385 g/mol. The van der Waals surface area contributed by atoms with Crippen LogP contribution in [0.4, 0.5) is 0 Å². The fraction of sp³-hybridized carbons (Fsp3) is 0.250. The van der Waals surface area contributed by atoms with Gasteiger partial charge in [-0.15, -0.1) is 0 Å². The first-order chi connectivity index (χ1) is 12.8. The fourth-order valence-electron chi connectivity index (χ4n) is 2.93. The van der Waals surface area contributed by atoms with Gasteiger partial charge in [-0.1, -0.05) is 24.3 Å². The number of aromatic amines is 1. The molecular formula is C20H23N3O3S. The van der Waals surface area contributed by atoms with E-state index in [-0.39, 0.29) is 11.7 Å². The van der Waals surface area contributed by atoms with Crippen LogP contribution in [0.5, 0.6) is 0 Å². The Morgan fingerprint density at radius 1 is 1.04 bits per heavy atom. The van der Waals surface area contributed by atoms with Gasteiger partial charge in [-0.05, 0) is 55.8 Å². The Kier molecular flexibility index (Phi) is 5.34. The highest BCUT2D eigenvalue weighted by atomic mass is 32.2. The molecule has 1 aromatic heterocycles. The Labute approximate surface area is 159 Å². The molecule has 1 heterocycles. The highest BCUT2D eigenvalue weighted by Gasteiger charge is 2.11. The molecule has 7 heteroatoms. The minimum Gasteiger partial charge on any atom is -0.358 e. The number of nitrogens with one attached hydrogen (secondary N) is 3. The number of carbonyl (C=O) groups excluding carboxylic acids is 1. The van der Waals surface area contributed by atoms with Gasteiger partial charge in [0.1, 0.15) is 0 Å². The molecule has 27 heavy (non-hydrogen) atoms. The molecule has 6 nitrogen and oxygen atoms in total. The van der Waals surface area contributed by atoms with Crippen LogP contribution in [0.2, 0.25) is 0 Å². The van der Waals surface area contributed by atoms with Crippen molar-refractivity contribution >= 4 is 26.8 Å². The van der Waals surface area contributed by atoms with Crippen LogP contribution in [0.3, 0.4) is 0 Å². The highest BCUT2D eigenvalue weighted by molar-refractivity contribution is 7.88. The van der Waals surface area contributed by atoms with Crippen molar-refractivity contribution in [2.75, 3.05) is 7.05 Å². The maximum Gasteiger partial charge on any atom is 0.251 e. The number of carbonyl (C=O) groups is 1. The highest BCUT2D eigenvalue weighted by Crippen LogP contribution is 2.22. The lowest BCUT2D eigenvalue weighted by Crippen LogP contribution is -2.23. The zero-order valence-electron chi connectivity index (χ0n) is 15.6. The molecule has 0 saturated carbocycles. The van der Waals surface area contributed by atoms with E-state index in [2.05, 4.69) is 15.0 Å². The number of aromatic nitrogens is 1. The van der Waals surface area contributed by atoms with E-state index in [1.165, 1.54) is 7.05 Å². The largest absolute Gasteiger partial charge is 0.358 e. The summed E-state index contributed by atoms with van der Waals surface area (Å²) >= 11 is 0. The van der Waals surface area contributed by atoms with Gasteiger partial charge in [0.2, 0.25) is 10.0 Å². The molecule has 0 unspecified atom stereocenters. The lowest BCUT2D eigenvalue weighted by Gasteiger charge is -2.07. The number of amides is 1. The first-order valence-corrected chi connectivity index (χ1v) is 10.3. The third kappa shape index (κ3) is 4.37. The molecule has 0 aliphatic rings. The molecule has 1 amide bonds. The van der Waals surface area contributed by atoms with Crippen LogP contribution in [0.25, 0.3) is 10.9 Å². The minimum absolute atomic E-state index is 0.0639. The van der Waals surface area contributed by atoms with Crippen LogP contribution >= 0.6 is 0 Å². The second-order valence-electron chi connectivity index (χ2n) is 6.60. The Morgan fingerprint density at radius 3 is 2.37 bits per heavy atom. The normalized spacial score (nSPS) is 11.7. The van der Waals surface area contributed by atoms with Crippen molar-refractivity contribution < 1.29 is 13.2 Å². The summed E-state index contributed by atoms with van der Waals surface area (Å²) in [6.45, 7) is 4.42. The Balaban J connectivity index is 1.66. The van der Waals surface area contributed by atoms with Crippen molar-refractivity contribution in [3.63, 3.8) is 0 Å². The van der Waals surface area contributed by atoms with Crippen molar-refractivity contribution in [3.8, 4) is 0 Å². The van der Waals surface area contributed by atoms with Crippen LogP contribution in [0.1, 0.15) is 32.7 Å². The van der Waals surface area contributed by atoms with Crippen LogP contribution in [-0.2, 0) is 22.3 Å². The third-order valence-electron chi connectivity index (χ3n) is 4.71. The second kappa shape index (κ2) is 7.54. The summed E-state index contributed by atoms with van der Waals surface area (Å²) in [7, 11) is -1.89. The number of rotatable bonds is 6. The predicted octanol–water partition coefficient (Wildman–Crippen LogP) is 2.76. The summed E-state index contributed by atoms with van der Waals surface area (Å²) in [6, 6.07) is 12.8. The number of sulfonamides is 1. The minimum atomic E-state index is -3.29. The molecule has 0 atom stereocenters. The molecule has 2 aromatic carbocycles. The maximum absolute atomic E-state index is 12.5. The van der Waals surface area contributed by atoms with Gasteiger partial charge in [0.05, 0.1) is 5.75 Å². The molecule has 0 spiro atoms. The molecular weight excluding hydrogens is 362 g/mol. The standard InChI is InChI=1S/C20H23N3O3S/c1-13-14(2)23-19-9-8-17(10-18(13)19)20(24)22-11-15-4-6-16(7-5-15)12-27(25,26)21-3/h4-10,21,23H,11-12H2,1-3H3,(H,22,24). The smallest absolute Gasteiger partial charge is 0.251 e. The molecule has 0 radical (unpaired) electrons. The van der Waals surface area contributed by atoms with E-state index in [0.29, 0.717) is 17.7 Å². The van der Waals surface area contributed by atoms with E-state index in [9.17, 15) is 13.2 Å². The molecule has 142 valence electrons. The van der Waals surface area contributed by atoms with Crippen molar-refractivity contribution in [3.05, 3.63) is 70.4 Å². The summed E-state index contributed by atoms with van der Waals surface area (Å²) in [5.41, 5.74) is 5.48. The number of hydrogen-bond acceptors (Lipinski definition) is 3. The quantitative estimate of drug-likeness (QED) is 0.609. The number of fused-ring (bicyclic) bond motifs is 1. The SMILES string of the molecule is CNS(=O)(=O)Cc1ccc(CNC(=O)c2ccc3[nH]c(C)c(C)c3c2)cc1. The Bertz CT molecular complexity index is 1080. The number of aryl methyl sites for hydroxylation is 2. The molecule has 0 saturated heterocycles. The summed E-state index contributed by atoms with van der Waals surface area (Å²) in [5, 5.41) is 3.96. The van der Waals surface area contributed by atoms with Crippen LogP contribution < -0.4 is 10.0 Å². The summed E-state index contributed by atoms with van der Waals surface area (Å²) in [6.07, 6.45) is 0. The van der Waals surface area contributed by atoms with E-state index in [4.69, 9.17) is 0 Å². The van der Waals surface area contributed by atoms with Crippen molar-refractivity contribution in [1.29, 1.82) is 0 Å². The van der Waals surface area contributed by atoms with E-state index < -0.39 is 10.0 Å². The van der Waals surface area contributed by atoms with Crippen LogP contribution in [-0.4, -0.2) is 26.4 Å². The third-order valence-corrected chi connectivity index (χ3v) is 6.05. The zero-order valence-corrected chi connectivity index (χ0v) is 16.4. The van der Waals surface area contributed by atoms with Gasteiger partial charge in [0.25, 0.3) is 5.91 Å². The lowest BCUT2D eigenvalue weighted by atomic mass is 10.1. The second-order valence-corrected chi connectivity index (χ2v) is 8.52. The molecule has 0 bridgehead atoms. The summed E-state index contributed by atoms with van der Waals surface area (Å²) in [5.74, 6) is -0.206. The van der Waals surface area contributed by atoms with Crippen LogP contribution in [0, 0.1) is 13.8 Å². The Hall–Kier alpha value is -2.64. The predicted molar refractivity (Wildman–Crippen MR) is 107 cm³/mol. The molecule has 0 aliphatic heterocycles. The Morgan fingerprint density at radius 2 is 1.70 bits per heavy atom. The van der Waals surface area contributed by atoms with Gasteiger partial charge in [0.15, 0.2) is 0 Å². The number of H-pyrrole nitrogens is 1. The van der Waals surface area contributed by atoms with Gasteiger partial charge in [-0.25, -0.2) is 13.1 Å². The molecule has 3 N–H and O–H groups in total. The zero-order chi connectivity index (χ0) is 19.6. The van der Waals surface area contributed by atoms with Gasteiger partial charge >= 0.3 is 0 Å². The van der Waals surface area contributed by atoms with Gasteiger partial charge in [-0.2, -0.15) is 0 Å². The summed E-state index contributed by atoms with van der Waals surface area (Å²) < 4.78 is 25.4. The van der Waals surface area contributed by atoms with Gasteiger partial charge in [0, 0.05) is 28.7 Å². The first-order valence-electron chi connectivity index (χ1n) is 8.65. The average Bonchev–Trinajstić information content (AvgIpc) is 2.94. The maximum atomic E-state index is 12.5. The van der Waals surface area contributed by atoms with Crippen molar-refractivity contribution in [2.45, 2.75) is 26.1 Å². The molecule has 0 fully saturated rings. The van der Waals surface area contributed by atoms with Crippen molar-refractivity contribution in [2.24, 2.45) is 0 Å². The molecule has 3 aromatic rings. The van der Waals surface area contributed by atoms with E-state index in [1.54, 1.807) is 18.2 Å². The van der Waals surface area contributed by atoms with E-state index in [0.717, 1.165) is 27.7 Å². The fourth-order valence-corrected chi connectivity index (χ4v) is 3.71. The molecule has 0 aliphatic carbocycles. The number of hydrogen-bond donors (Lipinski definition) is 3. The van der Waals surface area contributed by atoms with E-state index >= 15 is 0 Å². The first kappa shape index (κ1) is 19.1. The van der Waals surface area contributed by atoms with Crippen LogP contribution in [0.15, 0.2) is 42.5 Å². The van der Waals surface area contributed by atoms with Gasteiger partial charge < -0.3 is 10.3 Å². The van der Waals surface area contributed by atoms with Gasteiger partial charge in [-0.3, -0.25) is 4.79 Å². The topological polar surface area (TPSA) is 91.1 Å².